The van der Waals surface area contributed by atoms with Gasteiger partial charge in [0.05, 0.1) is 13.3 Å². The molecule has 3 heteroatoms. The normalized spacial score (nSPS) is 10.8. The molecule has 0 aliphatic heterocycles. The molecule has 0 bridgehead atoms. The lowest BCUT2D eigenvalue weighted by Gasteiger charge is -2.02. The van der Waals surface area contributed by atoms with Crippen LogP contribution in [0, 0.1) is 5.41 Å². The molecule has 0 unspecified atom stereocenters. The Morgan fingerprint density at radius 3 is 2.71 bits per heavy atom. The highest BCUT2D eigenvalue weighted by Gasteiger charge is 1.89. The second kappa shape index (κ2) is 5.80. The number of ether oxygens (including phenoxy) is 1. The summed E-state index contributed by atoms with van der Waals surface area (Å²) in [7, 11) is 1.54. The Hall–Kier alpha value is -1.77. The zero-order valence-electron chi connectivity index (χ0n) is 8.16. The minimum absolute atomic E-state index is 0.515. The third-order valence-corrected chi connectivity index (χ3v) is 1.77. The largest absolute Gasteiger partial charge is 0.494 e. The van der Waals surface area contributed by atoms with Crippen LogP contribution in [0.2, 0.25) is 0 Å². The van der Waals surface area contributed by atoms with Crippen LogP contribution in [0.4, 0.5) is 0 Å². The Morgan fingerprint density at radius 1 is 1.43 bits per heavy atom. The molecule has 0 aromatic heterocycles. The Balaban J connectivity index is 2.42. The summed E-state index contributed by atoms with van der Waals surface area (Å²) in [5, 5.41) is 10.1. The van der Waals surface area contributed by atoms with E-state index in [1.165, 1.54) is 5.56 Å². The van der Waals surface area contributed by atoms with Crippen molar-refractivity contribution in [3.05, 3.63) is 47.9 Å². The Labute approximate surface area is 83.9 Å². The van der Waals surface area contributed by atoms with Crippen molar-refractivity contribution in [2.45, 2.75) is 6.54 Å². The molecule has 0 aliphatic carbocycles. The first-order valence-corrected chi connectivity index (χ1v) is 4.38. The maximum absolute atomic E-state index is 6.98. The minimum Gasteiger partial charge on any atom is -0.494 e. The smallest absolute Gasteiger partial charge is 0.151 e. The number of nitrogens with one attached hydrogen (secondary N) is 2. The summed E-state index contributed by atoms with van der Waals surface area (Å²) in [6.45, 7) is 0.738. The number of benzene rings is 1. The van der Waals surface area contributed by atoms with Crippen molar-refractivity contribution < 1.29 is 4.74 Å². The fourth-order valence-electron chi connectivity index (χ4n) is 1.02. The summed E-state index contributed by atoms with van der Waals surface area (Å²) >= 11 is 0. The maximum Gasteiger partial charge on any atom is 0.151 e. The highest BCUT2D eigenvalue weighted by atomic mass is 16.5. The van der Waals surface area contributed by atoms with Crippen LogP contribution in [0.5, 0.6) is 0 Å². The molecule has 1 aromatic carbocycles. The van der Waals surface area contributed by atoms with Gasteiger partial charge in [0.25, 0.3) is 0 Å². The van der Waals surface area contributed by atoms with Crippen LogP contribution >= 0.6 is 0 Å². The Morgan fingerprint density at radius 2 is 2.14 bits per heavy atom. The van der Waals surface area contributed by atoms with Crippen molar-refractivity contribution in [2.24, 2.45) is 0 Å². The van der Waals surface area contributed by atoms with Crippen molar-refractivity contribution in [2.75, 3.05) is 7.11 Å². The van der Waals surface area contributed by atoms with Gasteiger partial charge in [-0.25, -0.2) is 0 Å². The van der Waals surface area contributed by atoms with Gasteiger partial charge >= 0.3 is 0 Å². The average molecular weight is 190 g/mol. The summed E-state index contributed by atoms with van der Waals surface area (Å²) in [4.78, 5) is 0. The van der Waals surface area contributed by atoms with Crippen molar-refractivity contribution in [3.8, 4) is 0 Å². The molecule has 1 aromatic rings. The van der Waals surface area contributed by atoms with E-state index >= 15 is 0 Å². The zero-order valence-corrected chi connectivity index (χ0v) is 8.16. The molecule has 0 aliphatic rings. The maximum atomic E-state index is 6.98. The second-order valence-electron chi connectivity index (χ2n) is 2.76. The molecule has 0 amide bonds. The number of allylic oxidation sites excluding steroid dienone is 1. The van der Waals surface area contributed by atoms with E-state index in [2.05, 4.69) is 5.32 Å². The highest BCUT2D eigenvalue weighted by molar-refractivity contribution is 5.72. The van der Waals surface area contributed by atoms with Crippen molar-refractivity contribution in [3.63, 3.8) is 0 Å². The minimum atomic E-state index is 0.515. The quantitative estimate of drug-likeness (QED) is 0.550. The van der Waals surface area contributed by atoms with Gasteiger partial charge in [0, 0.05) is 12.7 Å². The number of rotatable bonds is 5. The van der Waals surface area contributed by atoms with Crippen LogP contribution in [0.3, 0.4) is 0 Å². The van der Waals surface area contributed by atoms with E-state index < -0.39 is 0 Å². The molecular weight excluding hydrogens is 176 g/mol. The standard InChI is InChI=1S/C11H14N2O/c1-14-11(7-12)9-13-8-10-5-3-2-4-6-10/h2-7,9,12-13H,8H2,1H3/b11-9+,12-7?. The summed E-state index contributed by atoms with van der Waals surface area (Å²) in [5.74, 6) is 0.515. The van der Waals surface area contributed by atoms with Crippen LogP contribution in [0.25, 0.3) is 0 Å². The molecule has 0 saturated carbocycles. The molecule has 74 valence electrons. The molecule has 0 heterocycles. The number of hydrogen-bond donors (Lipinski definition) is 2. The zero-order chi connectivity index (χ0) is 10.2. The lowest BCUT2D eigenvalue weighted by Crippen LogP contribution is -2.06. The Bertz CT molecular complexity index is 306. The van der Waals surface area contributed by atoms with Gasteiger partial charge in [-0.05, 0) is 5.56 Å². The molecule has 0 radical (unpaired) electrons. The van der Waals surface area contributed by atoms with Gasteiger partial charge in [-0.2, -0.15) is 0 Å². The molecule has 2 N–H and O–H groups in total. The predicted octanol–water partition coefficient (Wildman–Crippen LogP) is 1.91. The monoisotopic (exact) mass is 190 g/mol. The van der Waals surface area contributed by atoms with E-state index in [0.717, 1.165) is 12.8 Å². The molecular formula is C11H14N2O. The first-order chi connectivity index (χ1) is 6.86. The number of hydrogen-bond acceptors (Lipinski definition) is 3. The summed E-state index contributed by atoms with van der Waals surface area (Å²) < 4.78 is 4.89. The average Bonchev–Trinajstić information content (AvgIpc) is 2.26. The van der Waals surface area contributed by atoms with Gasteiger partial charge in [0.2, 0.25) is 0 Å². The second-order valence-corrected chi connectivity index (χ2v) is 2.76. The predicted molar refractivity (Wildman–Crippen MR) is 57.2 cm³/mol. The van der Waals surface area contributed by atoms with Gasteiger partial charge in [-0.1, -0.05) is 30.3 Å². The van der Waals surface area contributed by atoms with E-state index in [0.29, 0.717) is 5.76 Å². The fraction of sp³-hybridized carbons (Fsp3) is 0.182. The van der Waals surface area contributed by atoms with Gasteiger partial charge in [0.15, 0.2) is 5.76 Å². The summed E-state index contributed by atoms with van der Waals surface area (Å²) in [5.41, 5.74) is 1.20. The van der Waals surface area contributed by atoms with Gasteiger partial charge in [-0.15, -0.1) is 0 Å². The van der Waals surface area contributed by atoms with Gasteiger partial charge < -0.3 is 15.5 Å². The van der Waals surface area contributed by atoms with E-state index in [4.69, 9.17) is 10.1 Å². The fourth-order valence-corrected chi connectivity index (χ4v) is 1.02. The van der Waals surface area contributed by atoms with Crippen LogP contribution < -0.4 is 5.32 Å². The van der Waals surface area contributed by atoms with E-state index in [9.17, 15) is 0 Å². The van der Waals surface area contributed by atoms with E-state index in [1.54, 1.807) is 13.3 Å². The number of methoxy groups -OCH3 is 1. The topological polar surface area (TPSA) is 45.1 Å². The molecule has 0 fully saturated rings. The Kier molecular flexibility index (Phi) is 4.27. The van der Waals surface area contributed by atoms with E-state index in [-0.39, 0.29) is 0 Å². The summed E-state index contributed by atoms with van der Waals surface area (Å²) in [6, 6.07) is 10.1. The lowest BCUT2D eigenvalue weighted by molar-refractivity contribution is 0.314. The highest BCUT2D eigenvalue weighted by Crippen LogP contribution is 1.97. The first-order valence-electron chi connectivity index (χ1n) is 4.38. The van der Waals surface area contributed by atoms with Gasteiger partial charge in [0.1, 0.15) is 0 Å². The van der Waals surface area contributed by atoms with Crippen LogP contribution in [0.15, 0.2) is 42.3 Å². The molecule has 0 atom stereocenters. The lowest BCUT2D eigenvalue weighted by atomic mass is 10.2. The van der Waals surface area contributed by atoms with Crippen molar-refractivity contribution in [1.29, 1.82) is 5.41 Å². The van der Waals surface area contributed by atoms with Crippen molar-refractivity contribution in [1.82, 2.24) is 5.32 Å². The summed E-state index contributed by atoms with van der Waals surface area (Å²) in [6.07, 6.45) is 2.85. The first kappa shape index (κ1) is 10.3. The molecule has 1 rings (SSSR count). The molecule has 3 nitrogen and oxygen atoms in total. The SMILES string of the molecule is CO/C(C=N)=C/NCc1ccccc1. The van der Waals surface area contributed by atoms with Gasteiger partial charge in [-0.3, -0.25) is 0 Å². The molecule has 14 heavy (non-hydrogen) atoms. The van der Waals surface area contributed by atoms with E-state index in [1.807, 2.05) is 30.3 Å². The molecule has 0 spiro atoms. The third-order valence-electron chi connectivity index (χ3n) is 1.77. The van der Waals surface area contributed by atoms with Crippen LogP contribution in [-0.2, 0) is 11.3 Å². The van der Waals surface area contributed by atoms with Crippen molar-refractivity contribution >= 4 is 6.21 Å². The molecule has 0 saturated heterocycles. The van der Waals surface area contributed by atoms with Crippen LogP contribution in [0.1, 0.15) is 5.56 Å². The van der Waals surface area contributed by atoms with Crippen LogP contribution in [-0.4, -0.2) is 13.3 Å². The third kappa shape index (κ3) is 3.31.